The molecule has 1 saturated carbocycles. The third-order valence-electron chi connectivity index (χ3n) is 4.86. The molecule has 0 aliphatic heterocycles. The van der Waals surface area contributed by atoms with Crippen LogP contribution in [0.2, 0.25) is 0 Å². The van der Waals surface area contributed by atoms with Crippen LogP contribution in [0.3, 0.4) is 0 Å². The van der Waals surface area contributed by atoms with Crippen molar-refractivity contribution in [3.8, 4) is 0 Å². The quantitative estimate of drug-likeness (QED) is 0.824. The second-order valence-electron chi connectivity index (χ2n) is 6.03. The van der Waals surface area contributed by atoms with Gasteiger partial charge in [0.2, 0.25) is 5.91 Å². The number of carbonyl (C=O) groups excluding carboxylic acids is 1. The third-order valence-corrected chi connectivity index (χ3v) is 4.86. The number of allylic oxidation sites excluding steroid dienone is 2. The maximum Gasteiger partial charge on any atom is 0.228 e. The Kier molecular flexibility index (Phi) is 3.64. The highest BCUT2D eigenvalue weighted by Gasteiger charge is 2.39. The van der Waals surface area contributed by atoms with Crippen molar-refractivity contribution in [1.82, 2.24) is 0 Å². The van der Waals surface area contributed by atoms with Crippen LogP contribution in [0.15, 0.2) is 30.4 Å². The fraction of sp³-hybridized carbons (Fsp3) is 0.500. The number of amides is 1. The Morgan fingerprint density at radius 1 is 1.15 bits per heavy atom. The average Bonchev–Trinajstić information content (AvgIpc) is 3.10. The number of anilines is 1. The number of hydrogen-bond donors (Lipinski definition) is 1. The van der Waals surface area contributed by atoms with E-state index in [2.05, 4.69) is 49.5 Å². The first kappa shape index (κ1) is 13.4. The second kappa shape index (κ2) is 5.43. The predicted molar refractivity (Wildman–Crippen MR) is 82.7 cm³/mol. The van der Waals surface area contributed by atoms with Gasteiger partial charge in [0.1, 0.15) is 0 Å². The summed E-state index contributed by atoms with van der Waals surface area (Å²) in [7, 11) is 0. The van der Waals surface area contributed by atoms with E-state index in [0.717, 1.165) is 24.9 Å². The van der Waals surface area contributed by atoms with E-state index in [1.807, 2.05) is 0 Å². The summed E-state index contributed by atoms with van der Waals surface area (Å²) in [5.41, 5.74) is 3.56. The van der Waals surface area contributed by atoms with Gasteiger partial charge in [-0.15, -0.1) is 0 Å². The van der Waals surface area contributed by atoms with E-state index in [1.54, 1.807) is 0 Å². The number of aryl methyl sites for hydroxylation is 2. The van der Waals surface area contributed by atoms with Crippen molar-refractivity contribution in [3.63, 3.8) is 0 Å². The van der Waals surface area contributed by atoms with E-state index >= 15 is 0 Å². The number of fused-ring (bicyclic) bond motifs is 2. The molecule has 1 amide bonds. The molecule has 2 aliphatic rings. The normalized spacial score (nSPS) is 27.0. The highest BCUT2D eigenvalue weighted by Crippen LogP contribution is 2.44. The molecule has 3 unspecified atom stereocenters. The van der Waals surface area contributed by atoms with E-state index in [9.17, 15) is 4.79 Å². The third kappa shape index (κ3) is 2.28. The van der Waals surface area contributed by atoms with Crippen molar-refractivity contribution >= 4 is 11.6 Å². The van der Waals surface area contributed by atoms with Crippen LogP contribution in [0.25, 0.3) is 0 Å². The van der Waals surface area contributed by atoms with Crippen molar-refractivity contribution in [2.45, 2.75) is 39.5 Å². The van der Waals surface area contributed by atoms with Crippen LogP contribution in [0.1, 0.15) is 37.8 Å². The Morgan fingerprint density at radius 3 is 2.35 bits per heavy atom. The molecule has 2 aliphatic carbocycles. The monoisotopic (exact) mass is 269 g/mol. The summed E-state index contributed by atoms with van der Waals surface area (Å²) in [5.74, 6) is 1.51. The fourth-order valence-corrected chi connectivity index (χ4v) is 3.70. The van der Waals surface area contributed by atoms with Crippen LogP contribution in [0.4, 0.5) is 5.69 Å². The van der Waals surface area contributed by atoms with Crippen molar-refractivity contribution in [3.05, 3.63) is 41.5 Å². The first-order valence-electron chi connectivity index (χ1n) is 7.82. The summed E-state index contributed by atoms with van der Waals surface area (Å²) in [4.78, 5) is 12.6. The minimum Gasteiger partial charge on any atom is -0.325 e. The van der Waals surface area contributed by atoms with Crippen LogP contribution in [-0.2, 0) is 17.6 Å². The van der Waals surface area contributed by atoms with Crippen LogP contribution >= 0.6 is 0 Å². The Hall–Kier alpha value is -1.57. The summed E-state index contributed by atoms with van der Waals surface area (Å²) in [5, 5.41) is 3.23. The number of nitrogens with one attached hydrogen (secondary N) is 1. The molecule has 2 nitrogen and oxygen atoms in total. The van der Waals surface area contributed by atoms with Gasteiger partial charge in [-0.25, -0.2) is 0 Å². The standard InChI is InChI=1S/C18H23NO/c1-3-13-6-5-7-14(4-2)17(13)19-18(20)16-11-12-8-9-15(16)10-12/h5-9,12,15-16H,3-4,10-11H2,1-2H3,(H,19,20). The van der Waals surface area contributed by atoms with E-state index < -0.39 is 0 Å². The number of para-hydroxylation sites is 1. The number of hydrogen-bond acceptors (Lipinski definition) is 1. The number of benzene rings is 1. The summed E-state index contributed by atoms with van der Waals surface area (Å²) in [6, 6.07) is 6.33. The summed E-state index contributed by atoms with van der Waals surface area (Å²) < 4.78 is 0. The Bertz CT molecular complexity index is 524. The van der Waals surface area contributed by atoms with Gasteiger partial charge in [0, 0.05) is 11.6 Å². The van der Waals surface area contributed by atoms with Gasteiger partial charge < -0.3 is 5.32 Å². The molecule has 0 spiro atoms. The Morgan fingerprint density at radius 2 is 1.85 bits per heavy atom. The molecule has 0 aromatic heterocycles. The average molecular weight is 269 g/mol. The van der Waals surface area contributed by atoms with Gasteiger partial charge in [-0.2, -0.15) is 0 Å². The lowest BCUT2D eigenvalue weighted by Crippen LogP contribution is -2.26. The Balaban J connectivity index is 1.80. The second-order valence-corrected chi connectivity index (χ2v) is 6.03. The zero-order valence-corrected chi connectivity index (χ0v) is 12.4. The van der Waals surface area contributed by atoms with Gasteiger partial charge in [-0.1, -0.05) is 44.2 Å². The van der Waals surface area contributed by atoms with Crippen LogP contribution < -0.4 is 5.32 Å². The van der Waals surface area contributed by atoms with Gasteiger partial charge in [0.25, 0.3) is 0 Å². The SMILES string of the molecule is CCc1cccc(CC)c1NC(=O)C1CC2C=CC1C2. The van der Waals surface area contributed by atoms with Crippen molar-refractivity contribution in [1.29, 1.82) is 0 Å². The highest BCUT2D eigenvalue weighted by atomic mass is 16.1. The maximum atomic E-state index is 12.6. The molecular weight excluding hydrogens is 246 g/mol. The van der Waals surface area contributed by atoms with Gasteiger partial charge in [-0.05, 0) is 48.6 Å². The van der Waals surface area contributed by atoms with E-state index in [1.165, 1.54) is 17.5 Å². The predicted octanol–water partition coefficient (Wildman–Crippen LogP) is 3.96. The molecule has 20 heavy (non-hydrogen) atoms. The molecule has 0 radical (unpaired) electrons. The lowest BCUT2D eigenvalue weighted by atomic mass is 9.92. The number of carbonyl (C=O) groups is 1. The molecule has 0 saturated heterocycles. The molecule has 106 valence electrons. The first-order chi connectivity index (χ1) is 9.72. The largest absolute Gasteiger partial charge is 0.325 e. The highest BCUT2D eigenvalue weighted by molar-refractivity contribution is 5.94. The fourth-order valence-electron chi connectivity index (χ4n) is 3.70. The molecule has 1 fully saturated rings. The minimum atomic E-state index is 0.180. The van der Waals surface area contributed by atoms with Crippen LogP contribution in [-0.4, -0.2) is 5.91 Å². The molecule has 2 bridgehead atoms. The molecule has 1 N–H and O–H groups in total. The van der Waals surface area contributed by atoms with E-state index in [4.69, 9.17) is 0 Å². The molecule has 3 rings (SSSR count). The Labute approximate surface area is 121 Å². The summed E-state index contributed by atoms with van der Waals surface area (Å²) in [6.07, 6.45) is 8.65. The van der Waals surface area contributed by atoms with Gasteiger partial charge in [0.15, 0.2) is 0 Å². The van der Waals surface area contributed by atoms with Crippen molar-refractivity contribution in [2.24, 2.45) is 17.8 Å². The summed E-state index contributed by atoms with van der Waals surface area (Å²) >= 11 is 0. The lowest BCUT2D eigenvalue weighted by Gasteiger charge is -2.20. The molecule has 1 aromatic carbocycles. The maximum absolute atomic E-state index is 12.6. The van der Waals surface area contributed by atoms with E-state index in [0.29, 0.717) is 11.8 Å². The van der Waals surface area contributed by atoms with E-state index in [-0.39, 0.29) is 11.8 Å². The lowest BCUT2D eigenvalue weighted by molar-refractivity contribution is -0.120. The topological polar surface area (TPSA) is 29.1 Å². The number of rotatable bonds is 4. The molecule has 1 aromatic rings. The van der Waals surface area contributed by atoms with Crippen LogP contribution in [0, 0.1) is 17.8 Å². The molecular formula is C18H23NO. The van der Waals surface area contributed by atoms with Crippen LogP contribution in [0.5, 0.6) is 0 Å². The zero-order chi connectivity index (χ0) is 14.1. The van der Waals surface area contributed by atoms with Gasteiger partial charge in [-0.3, -0.25) is 4.79 Å². The molecule has 2 heteroatoms. The van der Waals surface area contributed by atoms with Gasteiger partial charge in [0.05, 0.1) is 0 Å². The summed E-state index contributed by atoms with van der Waals surface area (Å²) in [6.45, 7) is 4.29. The van der Waals surface area contributed by atoms with Gasteiger partial charge >= 0.3 is 0 Å². The smallest absolute Gasteiger partial charge is 0.228 e. The first-order valence-corrected chi connectivity index (χ1v) is 7.82. The van der Waals surface area contributed by atoms with Crippen molar-refractivity contribution in [2.75, 3.05) is 5.32 Å². The molecule has 3 atom stereocenters. The zero-order valence-electron chi connectivity index (χ0n) is 12.4. The van der Waals surface area contributed by atoms with Crippen molar-refractivity contribution < 1.29 is 4.79 Å². The minimum absolute atomic E-state index is 0.180. The molecule has 0 heterocycles.